The van der Waals surface area contributed by atoms with Crippen molar-refractivity contribution >= 4 is 36.0 Å². The van der Waals surface area contributed by atoms with Crippen molar-refractivity contribution < 1.29 is 4.74 Å². The zero-order valence-electron chi connectivity index (χ0n) is 18.3. The van der Waals surface area contributed by atoms with E-state index in [9.17, 15) is 0 Å². The summed E-state index contributed by atoms with van der Waals surface area (Å²) >= 11 is 0. The summed E-state index contributed by atoms with van der Waals surface area (Å²) in [5.74, 6) is 1.49. The van der Waals surface area contributed by atoms with Crippen molar-refractivity contribution in [3.05, 3.63) is 48.7 Å². The monoisotopic (exact) mass is 426 g/mol. The van der Waals surface area contributed by atoms with Gasteiger partial charge in [0.25, 0.3) is 0 Å². The average molecular weight is 426 g/mol. The van der Waals surface area contributed by atoms with Gasteiger partial charge in [0.05, 0.1) is 16.7 Å². The van der Waals surface area contributed by atoms with Crippen molar-refractivity contribution in [2.75, 3.05) is 31.6 Å². The predicted molar refractivity (Wildman–Crippen MR) is 129 cm³/mol. The molecule has 0 unspecified atom stereocenters. The molecule has 2 aromatic carbocycles. The van der Waals surface area contributed by atoms with Gasteiger partial charge < -0.3 is 15.0 Å². The highest BCUT2D eigenvalue weighted by molar-refractivity contribution is 6.35. The SMILES string of the molecule is [B]c1cnn(C)c1-c1cc(Nc2nc3ccccc3[nH]2)ccc1OCCN1CCCCC1. The fraction of sp³-hybridized carbons (Fsp3) is 0.333. The summed E-state index contributed by atoms with van der Waals surface area (Å²) in [5.41, 5.74) is 5.17. The zero-order chi connectivity index (χ0) is 21.9. The summed E-state index contributed by atoms with van der Waals surface area (Å²) in [6, 6.07) is 14.0. The number of piperidine rings is 1. The maximum absolute atomic E-state index is 6.26. The van der Waals surface area contributed by atoms with E-state index in [0.717, 1.165) is 53.4 Å². The minimum Gasteiger partial charge on any atom is -0.492 e. The van der Waals surface area contributed by atoms with Crippen LogP contribution in [0.3, 0.4) is 0 Å². The first kappa shape index (κ1) is 20.6. The summed E-state index contributed by atoms with van der Waals surface area (Å²) in [4.78, 5) is 10.4. The van der Waals surface area contributed by atoms with Crippen LogP contribution < -0.4 is 15.5 Å². The number of rotatable bonds is 7. The maximum Gasteiger partial charge on any atom is 0.205 e. The van der Waals surface area contributed by atoms with Crippen molar-refractivity contribution in [2.45, 2.75) is 19.3 Å². The molecule has 1 aliphatic heterocycles. The molecule has 0 spiro atoms. The number of para-hydroxylation sites is 2. The number of aromatic nitrogens is 4. The maximum atomic E-state index is 6.26. The lowest BCUT2D eigenvalue weighted by molar-refractivity contribution is 0.183. The first-order valence-corrected chi connectivity index (χ1v) is 11.2. The zero-order valence-corrected chi connectivity index (χ0v) is 18.3. The van der Waals surface area contributed by atoms with Gasteiger partial charge in [-0.1, -0.05) is 24.0 Å². The first-order valence-electron chi connectivity index (χ1n) is 11.2. The van der Waals surface area contributed by atoms with Gasteiger partial charge in [-0.25, -0.2) is 4.98 Å². The van der Waals surface area contributed by atoms with Gasteiger partial charge in [0.15, 0.2) is 0 Å². The third kappa shape index (κ3) is 4.36. The second-order valence-corrected chi connectivity index (χ2v) is 8.26. The lowest BCUT2D eigenvalue weighted by Crippen LogP contribution is -2.33. The molecule has 5 rings (SSSR count). The molecular formula is C24H27BN6O. The Morgan fingerprint density at radius 1 is 1.12 bits per heavy atom. The number of nitrogens with one attached hydrogen (secondary N) is 2. The number of aromatic amines is 1. The average Bonchev–Trinajstić information content (AvgIpc) is 3.37. The topological polar surface area (TPSA) is 71.0 Å². The molecule has 2 radical (unpaired) electrons. The molecule has 1 aliphatic rings. The van der Waals surface area contributed by atoms with E-state index in [1.54, 1.807) is 10.9 Å². The van der Waals surface area contributed by atoms with Crippen LogP contribution in [-0.2, 0) is 7.05 Å². The van der Waals surface area contributed by atoms with Crippen LogP contribution in [0.2, 0.25) is 0 Å². The number of aryl methyl sites for hydroxylation is 1. The van der Waals surface area contributed by atoms with Gasteiger partial charge in [-0.15, -0.1) is 0 Å². The van der Waals surface area contributed by atoms with E-state index >= 15 is 0 Å². The van der Waals surface area contributed by atoms with Gasteiger partial charge in [0.1, 0.15) is 20.2 Å². The second kappa shape index (κ2) is 9.08. The standard InChI is InChI=1S/C24H27BN6O/c1-30-23(19(25)16-26-30)18-15-17(27-24-28-20-7-3-4-8-21(20)29-24)9-10-22(18)32-14-13-31-11-5-2-6-12-31/h3-4,7-10,15-16H,2,5-6,11-14H2,1H3,(H2,27,28,29). The molecule has 2 aromatic heterocycles. The summed E-state index contributed by atoms with van der Waals surface area (Å²) < 4.78 is 8.02. The van der Waals surface area contributed by atoms with Crippen LogP contribution in [0.25, 0.3) is 22.3 Å². The quantitative estimate of drug-likeness (QED) is 0.444. The Hall–Kier alpha value is -3.26. The molecule has 1 saturated heterocycles. The van der Waals surface area contributed by atoms with Crippen LogP contribution in [0.5, 0.6) is 5.75 Å². The number of anilines is 2. The van der Waals surface area contributed by atoms with Gasteiger partial charge in [0.2, 0.25) is 5.95 Å². The van der Waals surface area contributed by atoms with Gasteiger partial charge in [0, 0.05) is 31.0 Å². The van der Waals surface area contributed by atoms with Crippen molar-refractivity contribution in [2.24, 2.45) is 7.05 Å². The molecule has 7 nitrogen and oxygen atoms in total. The molecule has 8 heteroatoms. The van der Waals surface area contributed by atoms with E-state index in [0.29, 0.717) is 18.0 Å². The van der Waals surface area contributed by atoms with Gasteiger partial charge in [-0.3, -0.25) is 9.58 Å². The molecule has 32 heavy (non-hydrogen) atoms. The number of hydrogen-bond acceptors (Lipinski definition) is 5. The number of imidazole rings is 1. The molecule has 0 saturated carbocycles. The van der Waals surface area contributed by atoms with E-state index in [1.165, 1.54) is 19.3 Å². The number of benzene rings is 2. The largest absolute Gasteiger partial charge is 0.492 e. The lowest BCUT2D eigenvalue weighted by atomic mass is 9.93. The van der Waals surface area contributed by atoms with Crippen molar-refractivity contribution in [3.63, 3.8) is 0 Å². The van der Waals surface area contributed by atoms with Gasteiger partial charge >= 0.3 is 0 Å². The molecule has 0 amide bonds. The number of nitrogens with zero attached hydrogens (tertiary/aromatic N) is 4. The van der Waals surface area contributed by atoms with Crippen LogP contribution in [0.1, 0.15) is 19.3 Å². The minimum absolute atomic E-state index is 0.620. The van der Waals surface area contributed by atoms with Crippen molar-refractivity contribution in [3.8, 4) is 17.0 Å². The third-order valence-corrected chi connectivity index (χ3v) is 5.97. The van der Waals surface area contributed by atoms with Crippen LogP contribution in [0, 0.1) is 0 Å². The van der Waals surface area contributed by atoms with Crippen LogP contribution in [0.15, 0.2) is 48.7 Å². The summed E-state index contributed by atoms with van der Waals surface area (Å²) in [6.07, 6.45) is 5.56. The number of H-pyrrole nitrogens is 1. The van der Waals surface area contributed by atoms with E-state index in [2.05, 4.69) is 25.3 Å². The molecule has 0 bridgehead atoms. The Bertz CT molecular complexity index is 1160. The summed E-state index contributed by atoms with van der Waals surface area (Å²) in [7, 11) is 8.15. The Morgan fingerprint density at radius 3 is 2.75 bits per heavy atom. The molecule has 162 valence electrons. The minimum atomic E-state index is 0.620. The molecule has 2 N–H and O–H groups in total. The molecule has 4 aromatic rings. The van der Waals surface area contributed by atoms with E-state index < -0.39 is 0 Å². The third-order valence-electron chi connectivity index (χ3n) is 5.97. The van der Waals surface area contributed by atoms with E-state index in [4.69, 9.17) is 12.6 Å². The van der Waals surface area contributed by atoms with Crippen molar-refractivity contribution in [1.29, 1.82) is 0 Å². The first-order chi connectivity index (χ1) is 15.7. The van der Waals surface area contributed by atoms with Crippen LogP contribution >= 0.6 is 0 Å². The predicted octanol–water partition coefficient (Wildman–Crippen LogP) is 3.37. The smallest absolute Gasteiger partial charge is 0.205 e. The summed E-state index contributed by atoms with van der Waals surface area (Å²) in [5, 5.41) is 7.69. The molecule has 0 aliphatic carbocycles. The normalized spacial score (nSPS) is 14.7. The number of hydrogen-bond donors (Lipinski definition) is 2. The van der Waals surface area contributed by atoms with E-state index in [1.807, 2.05) is 49.5 Å². The van der Waals surface area contributed by atoms with Crippen LogP contribution in [0.4, 0.5) is 11.6 Å². The highest BCUT2D eigenvalue weighted by Crippen LogP contribution is 2.32. The summed E-state index contributed by atoms with van der Waals surface area (Å²) in [6.45, 7) is 3.89. The molecular weight excluding hydrogens is 399 g/mol. The van der Waals surface area contributed by atoms with Gasteiger partial charge in [-0.05, 0) is 56.3 Å². The number of fused-ring (bicyclic) bond motifs is 1. The van der Waals surface area contributed by atoms with Crippen molar-refractivity contribution in [1.82, 2.24) is 24.6 Å². The van der Waals surface area contributed by atoms with E-state index in [-0.39, 0.29) is 0 Å². The number of ether oxygens (including phenoxy) is 1. The Morgan fingerprint density at radius 2 is 1.97 bits per heavy atom. The Balaban J connectivity index is 1.40. The lowest BCUT2D eigenvalue weighted by Gasteiger charge is -2.26. The second-order valence-electron chi connectivity index (χ2n) is 8.26. The molecule has 3 heterocycles. The molecule has 0 atom stereocenters. The Kier molecular flexibility index (Phi) is 5.86. The highest BCUT2D eigenvalue weighted by atomic mass is 16.5. The van der Waals surface area contributed by atoms with Gasteiger partial charge in [-0.2, -0.15) is 5.10 Å². The van der Waals surface area contributed by atoms with Crippen LogP contribution in [-0.4, -0.2) is 58.7 Å². The number of likely N-dealkylation sites (tertiary alicyclic amines) is 1. The molecule has 1 fully saturated rings. The Labute approximate surface area is 189 Å². The highest BCUT2D eigenvalue weighted by Gasteiger charge is 2.16. The fourth-order valence-electron chi connectivity index (χ4n) is 4.32. The fourth-order valence-corrected chi connectivity index (χ4v) is 4.32.